The summed E-state index contributed by atoms with van der Waals surface area (Å²) in [6.45, 7) is 6.49. The fourth-order valence-corrected chi connectivity index (χ4v) is 3.40. The fraction of sp³-hybridized carbons (Fsp3) is 0.947. The Hall–Kier alpha value is -0.530. The van der Waals surface area contributed by atoms with Crippen LogP contribution in [-0.4, -0.2) is 23.9 Å². The number of nitrogens with zero attached hydrogens (tertiary/aromatic N) is 1. The van der Waals surface area contributed by atoms with Gasteiger partial charge in [0.2, 0.25) is 5.91 Å². The molecule has 1 saturated carbocycles. The van der Waals surface area contributed by atoms with Crippen LogP contribution in [0.5, 0.6) is 0 Å². The summed E-state index contributed by atoms with van der Waals surface area (Å²) in [5.74, 6) is 0.818. The molecule has 0 N–H and O–H groups in total. The molecule has 0 heterocycles. The highest BCUT2D eigenvalue weighted by Gasteiger charge is 2.25. The smallest absolute Gasteiger partial charge is 0.225 e. The van der Waals surface area contributed by atoms with Gasteiger partial charge in [0.05, 0.1) is 0 Å². The molecule has 0 aromatic carbocycles. The van der Waals surface area contributed by atoms with Crippen LogP contribution in [0.3, 0.4) is 0 Å². The summed E-state index contributed by atoms with van der Waals surface area (Å²) >= 11 is 0. The maximum Gasteiger partial charge on any atom is 0.225 e. The Balaban J connectivity index is 2.38. The lowest BCUT2D eigenvalue weighted by Gasteiger charge is -2.29. The van der Waals surface area contributed by atoms with Crippen LogP contribution in [0.4, 0.5) is 0 Å². The van der Waals surface area contributed by atoms with E-state index in [2.05, 4.69) is 18.7 Å². The lowest BCUT2D eigenvalue weighted by Crippen LogP contribution is -2.38. The van der Waals surface area contributed by atoms with Gasteiger partial charge in [-0.1, -0.05) is 71.6 Å². The van der Waals surface area contributed by atoms with Crippen molar-refractivity contribution in [2.75, 3.05) is 13.1 Å². The average Bonchev–Trinajstić information content (AvgIpc) is 2.53. The Labute approximate surface area is 132 Å². The van der Waals surface area contributed by atoms with E-state index in [0.717, 1.165) is 25.9 Å². The third-order valence-corrected chi connectivity index (χ3v) is 4.83. The van der Waals surface area contributed by atoms with Crippen molar-refractivity contribution in [2.24, 2.45) is 5.92 Å². The molecule has 2 nitrogen and oxygen atoms in total. The van der Waals surface area contributed by atoms with Crippen LogP contribution in [0.2, 0.25) is 0 Å². The van der Waals surface area contributed by atoms with Gasteiger partial charge in [-0.25, -0.2) is 0 Å². The van der Waals surface area contributed by atoms with E-state index in [1.54, 1.807) is 0 Å². The first-order valence-electron chi connectivity index (χ1n) is 9.58. The van der Waals surface area contributed by atoms with Gasteiger partial charge in [0, 0.05) is 19.0 Å². The monoisotopic (exact) mass is 295 g/mol. The molecule has 124 valence electrons. The first-order valence-corrected chi connectivity index (χ1v) is 9.58. The zero-order chi connectivity index (χ0) is 15.3. The lowest BCUT2D eigenvalue weighted by atomic mass is 9.88. The second-order valence-corrected chi connectivity index (χ2v) is 6.78. The minimum atomic E-state index is 0.344. The summed E-state index contributed by atoms with van der Waals surface area (Å²) in [4.78, 5) is 15.0. The molecule has 1 aliphatic carbocycles. The van der Waals surface area contributed by atoms with Gasteiger partial charge in [-0.2, -0.15) is 0 Å². The number of unbranched alkanes of at least 4 members (excludes halogenated alkanes) is 6. The number of amides is 1. The first kappa shape index (κ1) is 18.5. The van der Waals surface area contributed by atoms with Crippen LogP contribution in [0.25, 0.3) is 0 Å². The van der Waals surface area contributed by atoms with Gasteiger partial charge >= 0.3 is 0 Å². The maximum absolute atomic E-state index is 12.8. The molecule has 0 bridgehead atoms. The number of carbonyl (C=O) groups excluding carboxylic acids is 1. The Morgan fingerprint density at radius 3 is 1.81 bits per heavy atom. The molecule has 0 spiro atoms. The van der Waals surface area contributed by atoms with Crippen molar-refractivity contribution >= 4 is 5.91 Å². The van der Waals surface area contributed by atoms with Crippen molar-refractivity contribution < 1.29 is 4.79 Å². The van der Waals surface area contributed by atoms with Gasteiger partial charge in [-0.05, 0) is 25.7 Å². The van der Waals surface area contributed by atoms with E-state index in [1.807, 2.05) is 0 Å². The normalized spacial score (nSPS) is 16.1. The number of rotatable bonds is 11. The van der Waals surface area contributed by atoms with Crippen LogP contribution < -0.4 is 0 Å². The molecule has 1 fully saturated rings. The summed E-state index contributed by atoms with van der Waals surface area (Å²) in [7, 11) is 0. The second kappa shape index (κ2) is 12.1. The minimum absolute atomic E-state index is 0.344. The lowest BCUT2D eigenvalue weighted by molar-refractivity contribution is -0.136. The van der Waals surface area contributed by atoms with Gasteiger partial charge < -0.3 is 4.90 Å². The molecule has 0 saturated heterocycles. The summed E-state index contributed by atoms with van der Waals surface area (Å²) in [5, 5.41) is 0. The largest absolute Gasteiger partial charge is 0.342 e. The predicted octanol–water partition coefficient (Wildman–Crippen LogP) is 5.56. The topological polar surface area (TPSA) is 20.3 Å². The Bertz CT molecular complexity index is 246. The number of hydrogen-bond donors (Lipinski definition) is 0. The quantitative estimate of drug-likeness (QED) is 0.457. The van der Waals surface area contributed by atoms with Crippen molar-refractivity contribution in [3.63, 3.8) is 0 Å². The molecule has 0 radical (unpaired) electrons. The Morgan fingerprint density at radius 2 is 1.33 bits per heavy atom. The van der Waals surface area contributed by atoms with Crippen LogP contribution in [-0.2, 0) is 4.79 Å². The predicted molar refractivity (Wildman–Crippen MR) is 91.4 cm³/mol. The van der Waals surface area contributed by atoms with Crippen LogP contribution in [0.1, 0.15) is 97.3 Å². The highest BCUT2D eigenvalue weighted by molar-refractivity contribution is 5.78. The van der Waals surface area contributed by atoms with E-state index in [-0.39, 0.29) is 0 Å². The molecule has 0 aromatic rings. The zero-order valence-corrected chi connectivity index (χ0v) is 14.5. The van der Waals surface area contributed by atoms with E-state index in [9.17, 15) is 4.79 Å². The summed E-state index contributed by atoms with van der Waals surface area (Å²) in [6.07, 6.45) is 16.2. The van der Waals surface area contributed by atoms with Crippen LogP contribution >= 0.6 is 0 Å². The van der Waals surface area contributed by atoms with E-state index in [1.165, 1.54) is 70.6 Å². The van der Waals surface area contributed by atoms with Crippen molar-refractivity contribution in [3.8, 4) is 0 Å². The average molecular weight is 296 g/mol. The number of carbonyl (C=O) groups is 1. The Morgan fingerprint density at radius 1 is 0.810 bits per heavy atom. The molecular weight excluding hydrogens is 258 g/mol. The zero-order valence-electron chi connectivity index (χ0n) is 14.5. The summed E-state index contributed by atoms with van der Waals surface area (Å²) < 4.78 is 0. The van der Waals surface area contributed by atoms with Gasteiger partial charge in [-0.3, -0.25) is 4.79 Å². The molecule has 0 aromatic heterocycles. The molecular formula is C19H37NO. The second-order valence-electron chi connectivity index (χ2n) is 6.78. The molecule has 0 aliphatic heterocycles. The highest BCUT2D eigenvalue weighted by atomic mass is 16.2. The Kier molecular flexibility index (Phi) is 10.6. The van der Waals surface area contributed by atoms with Crippen molar-refractivity contribution in [3.05, 3.63) is 0 Å². The third kappa shape index (κ3) is 7.87. The van der Waals surface area contributed by atoms with Crippen LogP contribution in [0, 0.1) is 5.92 Å². The molecule has 1 rings (SSSR count). The van der Waals surface area contributed by atoms with Gasteiger partial charge in [-0.15, -0.1) is 0 Å². The van der Waals surface area contributed by atoms with E-state index < -0.39 is 0 Å². The maximum atomic E-state index is 12.8. The van der Waals surface area contributed by atoms with E-state index in [0.29, 0.717) is 11.8 Å². The molecule has 1 aliphatic rings. The molecule has 0 atom stereocenters. The van der Waals surface area contributed by atoms with Crippen LogP contribution in [0.15, 0.2) is 0 Å². The van der Waals surface area contributed by atoms with Gasteiger partial charge in [0.25, 0.3) is 0 Å². The minimum Gasteiger partial charge on any atom is -0.342 e. The summed E-state index contributed by atoms with van der Waals surface area (Å²) in [6, 6.07) is 0. The molecule has 2 heteroatoms. The SMILES string of the molecule is CCCCCCN(CCCCCC)C(=O)C1CCCCC1. The molecule has 1 amide bonds. The van der Waals surface area contributed by atoms with Crippen molar-refractivity contribution in [1.82, 2.24) is 4.90 Å². The standard InChI is InChI=1S/C19H37NO/c1-3-5-7-12-16-20(17-13-8-6-4-2)19(21)18-14-10-9-11-15-18/h18H,3-17H2,1-2H3. The summed E-state index contributed by atoms with van der Waals surface area (Å²) in [5.41, 5.74) is 0. The van der Waals surface area contributed by atoms with Gasteiger partial charge in [0.1, 0.15) is 0 Å². The molecule has 21 heavy (non-hydrogen) atoms. The number of hydrogen-bond acceptors (Lipinski definition) is 1. The third-order valence-electron chi connectivity index (χ3n) is 4.83. The van der Waals surface area contributed by atoms with Gasteiger partial charge in [0.15, 0.2) is 0 Å². The highest BCUT2D eigenvalue weighted by Crippen LogP contribution is 2.25. The molecule has 0 unspecified atom stereocenters. The van der Waals surface area contributed by atoms with E-state index >= 15 is 0 Å². The van der Waals surface area contributed by atoms with Crippen molar-refractivity contribution in [2.45, 2.75) is 97.3 Å². The van der Waals surface area contributed by atoms with Crippen molar-refractivity contribution in [1.29, 1.82) is 0 Å². The first-order chi connectivity index (χ1) is 10.3. The van der Waals surface area contributed by atoms with E-state index in [4.69, 9.17) is 0 Å². The fourth-order valence-electron chi connectivity index (χ4n) is 3.40.